The van der Waals surface area contributed by atoms with Crippen molar-refractivity contribution in [3.8, 4) is 5.75 Å². The normalized spacial score (nSPS) is 10.4. The highest BCUT2D eigenvalue weighted by Crippen LogP contribution is 2.35. The molecule has 0 bridgehead atoms. The molecule has 0 unspecified atom stereocenters. The van der Waals surface area contributed by atoms with Crippen molar-refractivity contribution >= 4 is 27.7 Å². The maximum Gasteiger partial charge on any atom is 0.130 e. The Morgan fingerprint density at radius 3 is 2.62 bits per heavy atom. The molecule has 2 rings (SSSR count). The molecule has 0 radical (unpaired) electrons. The highest BCUT2D eigenvalue weighted by molar-refractivity contribution is 9.10. The minimum atomic E-state index is -0.276. The summed E-state index contributed by atoms with van der Waals surface area (Å²) >= 11 is 4.59. The van der Waals surface area contributed by atoms with Crippen LogP contribution < -0.4 is 0 Å². The summed E-state index contributed by atoms with van der Waals surface area (Å²) in [5, 5.41) is 9.68. The van der Waals surface area contributed by atoms with Crippen LogP contribution in [0.3, 0.4) is 0 Å². The molecule has 0 heterocycles. The van der Waals surface area contributed by atoms with E-state index >= 15 is 0 Å². The fraction of sp³-hybridized carbons (Fsp3) is 0. The van der Waals surface area contributed by atoms with Crippen LogP contribution in [-0.4, -0.2) is 5.11 Å². The van der Waals surface area contributed by atoms with Gasteiger partial charge in [-0.15, -0.1) is 0 Å². The zero-order valence-electron chi connectivity index (χ0n) is 8.15. The lowest BCUT2D eigenvalue weighted by Gasteiger charge is -2.04. The standard InChI is InChI=1S/C12H8BrFOS/c13-8-4-5-12(11(15)6-8)16-10-3-1-2-9(14)7-10/h1-7,15H. The highest BCUT2D eigenvalue weighted by Gasteiger charge is 2.04. The Hall–Kier alpha value is -1.00. The van der Waals surface area contributed by atoms with Crippen LogP contribution in [0.5, 0.6) is 5.75 Å². The van der Waals surface area contributed by atoms with E-state index in [0.717, 1.165) is 9.37 Å². The van der Waals surface area contributed by atoms with Crippen LogP contribution in [0, 0.1) is 5.82 Å². The minimum Gasteiger partial charge on any atom is -0.507 e. The van der Waals surface area contributed by atoms with Gasteiger partial charge < -0.3 is 5.11 Å². The molecule has 16 heavy (non-hydrogen) atoms. The van der Waals surface area contributed by atoms with E-state index in [0.29, 0.717) is 4.90 Å². The van der Waals surface area contributed by atoms with Gasteiger partial charge in [-0.05, 0) is 36.4 Å². The topological polar surface area (TPSA) is 20.2 Å². The van der Waals surface area contributed by atoms with Gasteiger partial charge >= 0.3 is 0 Å². The van der Waals surface area contributed by atoms with E-state index in [1.807, 2.05) is 6.07 Å². The quantitative estimate of drug-likeness (QED) is 0.884. The first-order chi connectivity index (χ1) is 7.65. The van der Waals surface area contributed by atoms with Crippen LogP contribution >= 0.6 is 27.7 Å². The maximum atomic E-state index is 13.0. The number of phenols is 1. The number of rotatable bonds is 2. The fourth-order valence-corrected chi connectivity index (χ4v) is 2.45. The Kier molecular flexibility index (Phi) is 3.51. The number of hydrogen-bond acceptors (Lipinski definition) is 2. The molecule has 1 nitrogen and oxygen atoms in total. The number of phenolic OH excluding ortho intramolecular Hbond substituents is 1. The predicted octanol–water partition coefficient (Wildman–Crippen LogP) is 4.45. The number of benzene rings is 2. The van der Waals surface area contributed by atoms with Crippen LogP contribution in [0.15, 0.2) is 56.7 Å². The van der Waals surface area contributed by atoms with Crippen molar-refractivity contribution in [2.45, 2.75) is 9.79 Å². The van der Waals surface area contributed by atoms with Gasteiger partial charge in [0.15, 0.2) is 0 Å². The van der Waals surface area contributed by atoms with Gasteiger partial charge in [0.2, 0.25) is 0 Å². The summed E-state index contributed by atoms with van der Waals surface area (Å²) < 4.78 is 13.8. The summed E-state index contributed by atoms with van der Waals surface area (Å²) in [7, 11) is 0. The average molecular weight is 299 g/mol. The van der Waals surface area contributed by atoms with E-state index in [2.05, 4.69) is 15.9 Å². The molecule has 0 saturated carbocycles. The van der Waals surface area contributed by atoms with Crippen molar-refractivity contribution in [2.75, 3.05) is 0 Å². The van der Waals surface area contributed by atoms with Crippen LogP contribution in [0.1, 0.15) is 0 Å². The van der Waals surface area contributed by atoms with Gasteiger partial charge in [-0.3, -0.25) is 0 Å². The molecule has 0 saturated heterocycles. The predicted molar refractivity (Wildman–Crippen MR) is 66.3 cm³/mol. The average Bonchev–Trinajstić information content (AvgIpc) is 2.22. The molecule has 0 aromatic heterocycles. The maximum absolute atomic E-state index is 13.0. The van der Waals surface area contributed by atoms with Crippen molar-refractivity contribution in [2.24, 2.45) is 0 Å². The zero-order valence-corrected chi connectivity index (χ0v) is 10.6. The van der Waals surface area contributed by atoms with Crippen molar-refractivity contribution in [3.63, 3.8) is 0 Å². The lowest BCUT2D eigenvalue weighted by Crippen LogP contribution is -1.78. The smallest absolute Gasteiger partial charge is 0.130 e. The second kappa shape index (κ2) is 4.89. The van der Waals surface area contributed by atoms with Gasteiger partial charge in [-0.2, -0.15) is 0 Å². The summed E-state index contributed by atoms with van der Waals surface area (Å²) in [6.45, 7) is 0. The van der Waals surface area contributed by atoms with Crippen molar-refractivity contribution in [1.82, 2.24) is 0 Å². The van der Waals surface area contributed by atoms with Gasteiger partial charge in [-0.1, -0.05) is 33.8 Å². The molecule has 0 amide bonds. The van der Waals surface area contributed by atoms with Crippen molar-refractivity contribution in [1.29, 1.82) is 0 Å². The first-order valence-electron chi connectivity index (χ1n) is 4.57. The molecule has 0 atom stereocenters. The molecule has 2 aromatic carbocycles. The first-order valence-corrected chi connectivity index (χ1v) is 6.18. The second-order valence-electron chi connectivity index (χ2n) is 3.17. The van der Waals surface area contributed by atoms with E-state index in [1.165, 1.54) is 23.9 Å². The lowest BCUT2D eigenvalue weighted by molar-refractivity contribution is 0.462. The van der Waals surface area contributed by atoms with E-state index in [9.17, 15) is 9.50 Å². The Labute approximate surface area is 105 Å². The monoisotopic (exact) mass is 298 g/mol. The molecule has 1 N–H and O–H groups in total. The minimum absolute atomic E-state index is 0.184. The molecular weight excluding hydrogens is 291 g/mol. The molecule has 0 spiro atoms. The van der Waals surface area contributed by atoms with Gasteiger partial charge in [-0.25, -0.2) is 4.39 Å². The molecule has 0 aliphatic rings. The molecule has 4 heteroatoms. The number of halogens is 2. The van der Waals surface area contributed by atoms with E-state index in [4.69, 9.17) is 0 Å². The summed E-state index contributed by atoms with van der Waals surface area (Å²) in [6, 6.07) is 11.5. The molecule has 0 aliphatic heterocycles. The Bertz CT molecular complexity index is 516. The van der Waals surface area contributed by atoms with Crippen LogP contribution in [0.2, 0.25) is 0 Å². The third-order valence-electron chi connectivity index (χ3n) is 1.94. The van der Waals surface area contributed by atoms with Gasteiger partial charge in [0.05, 0.1) is 4.90 Å². The second-order valence-corrected chi connectivity index (χ2v) is 5.20. The Morgan fingerprint density at radius 2 is 1.94 bits per heavy atom. The van der Waals surface area contributed by atoms with Crippen molar-refractivity contribution < 1.29 is 9.50 Å². The van der Waals surface area contributed by atoms with Crippen LogP contribution in [-0.2, 0) is 0 Å². The first kappa shape index (κ1) is 11.5. The third-order valence-corrected chi connectivity index (χ3v) is 3.49. The van der Waals surface area contributed by atoms with Gasteiger partial charge in [0, 0.05) is 9.37 Å². The van der Waals surface area contributed by atoms with E-state index in [1.54, 1.807) is 24.3 Å². The van der Waals surface area contributed by atoms with Crippen molar-refractivity contribution in [3.05, 3.63) is 52.8 Å². The van der Waals surface area contributed by atoms with Gasteiger partial charge in [0.1, 0.15) is 11.6 Å². The SMILES string of the molecule is Oc1cc(Br)ccc1Sc1cccc(F)c1. The van der Waals surface area contributed by atoms with Gasteiger partial charge in [0.25, 0.3) is 0 Å². The molecular formula is C12H8BrFOS. The lowest BCUT2D eigenvalue weighted by atomic mass is 10.3. The highest BCUT2D eigenvalue weighted by atomic mass is 79.9. The molecule has 0 fully saturated rings. The fourth-order valence-electron chi connectivity index (χ4n) is 1.23. The largest absolute Gasteiger partial charge is 0.507 e. The number of hydrogen-bond donors (Lipinski definition) is 1. The summed E-state index contributed by atoms with van der Waals surface area (Å²) in [5.41, 5.74) is 0. The Balaban J connectivity index is 2.27. The van der Waals surface area contributed by atoms with Crippen LogP contribution in [0.25, 0.3) is 0 Å². The molecule has 2 aromatic rings. The Morgan fingerprint density at radius 1 is 1.12 bits per heavy atom. The van der Waals surface area contributed by atoms with E-state index in [-0.39, 0.29) is 11.6 Å². The summed E-state index contributed by atoms with van der Waals surface area (Å²) in [6.07, 6.45) is 0. The summed E-state index contributed by atoms with van der Waals surface area (Å²) in [4.78, 5) is 1.46. The third kappa shape index (κ3) is 2.77. The van der Waals surface area contributed by atoms with Crippen LogP contribution in [0.4, 0.5) is 4.39 Å². The zero-order chi connectivity index (χ0) is 11.5. The molecule has 82 valence electrons. The number of aromatic hydroxyl groups is 1. The molecule has 0 aliphatic carbocycles. The van der Waals surface area contributed by atoms with E-state index < -0.39 is 0 Å². The summed E-state index contributed by atoms with van der Waals surface area (Å²) in [5.74, 6) is -0.0924.